The Bertz CT molecular complexity index is 562. The molecule has 0 aliphatic rings. The van der Waals surface area contributed by atoms with Crippen LogP contribution in [0.4, 0.5) is 0 Å². The molecular weight excluding hydrogens is 244 g/mol. The number of ether oxygens (including phenoxy) is 1. The van der Waals surface area contributed by atoms with Crippen molar-refractivity contribution in [2.75, 3.05) is 7.11 Å². The van der Waals surface area contributed by atoms with Crippen LogP contribution in [0.5, 0.6) is 5.75 Å². The van der Waals surface area contributed by atoms with Crippen molar-refractivity contribution in [3.05, 3.63) is 34.5 Å². The first kappa shape index (κ1) is 13.7. The normalized spacial score (nSPS) is 12.7. The van der Waals surface area contributed by atoms with Gasteiger partial charge in [-0.05, 0) is 33.3 Å². The van der Waals surface area contributed by atoms with Crippen molar-refractivity contribution < 1.29 is 14.3 Å². The summed E-state index contributed by atoms with van der Waals surface area (Å²) < 4.78 is 12.6. The van der Waals surface area contributed by atoms with Crippen molar-refractivity contribution in [3.63, 3.8) is 0 Å². The van der Waals surface area contributed by atoms with Gasteiger partial charge < -0.3 is 14.3 Å². The van der Waals surface area contributed by atoms with Crippen molar-refractivity contribution in [2.45, 2.75) is 40.3 Å². The lowest BCUT2D eigenvalue weighted by Crippen LogP contribution is -2.11. The van der Waals surface area contributed by atoms with Gasteiger partial charge >= 0.3 is 0 Å². The maximum atomic E-state index is 10.7. The summed E-state index contributed by atoms with van der Waals surface area (Å²) in [5.41, 5.74) is 2.43. The molecule has 0 spiro atoms. The molecule has 104 valence electrons. The van der Waals surface area contributed by atoms with E-state index in [4.69, 9.17) is 9.15 Å². The van der Waals surface area contributed by atoms with Gasteiger partial charge in [0.05, 0.1) is 13.3 Å². The Balaban J connectivity index is 2.55. The third-order valence-electron chi connectivity index (χ3n) is 3.51. The first-order valence-electron chi connectivity index (χ1n) is 6.35. The summed E-state index contributed by atoms with van der Waals surface area (Å²) in [6, 6.07) is 0. The molecule has 2 aromatic heterocycles. The largest absolute Gasteiger partial charge is 0.493 e. The monoisotopic (exact) mass is 264 g/mol. The second kappa shape index (κ2) is 5.09. The lowest BCUT2D eigenvalue weighted by atomic mass is 10.0. The van der Waals surface area contributed by atoms with Gasteiger partial charge in [-0.15, -0.1) is 0 Å². The molecule has 1 unspecified atom stereocenters. The molecule has 5 nitrogen and oxygen atoms in total. The molecule has 0 aliphatic heterocycles. The highest BCUT2D eigenvalue weighted by Gasteiger charge is 2.26. The van der Waals surface area contributed by atoms with Gasteiger partial charge in [0.15, 0.2) is 5.75 Å². The summed E-state index contributed by atoms with van der Waals surface area (Å²) in [7, 11) is 1.58. The molecule has 0 amide bonds. The van der Waals surface area contributed by atoms with E-state index in [2.05, 4.69) is 5.10 Å². The third-order valence-corrected chi connectivity index (χ3v) is 3.51. The van der Waals surface area contributed by atoms with Crippen molar-refractivity contribution >= 4 is 0 Å². The van der Waals surface area contributed by atoms with Crippen LogP contribution in [0.1, 0.15) is 41.4 Å². The maximum absolute atomic E-state index is 10.7. The van der Waals surface area contributed by atoms with E-state index in [1.54, 1.807) is 18.0 Å². The lowest BCUT2D eigenvalue weighted by Gasteiger charge is -2.14. The van der Waals surface area contributed by atoms with E-state index in [-0.39, 0.29) is 0 Å². The van der Waals surface area contributed by atoms with Crippen molar-refractivity contribution in [3.8, 4) is 5.75 Å². The van der Waals surface area contributed by atoms with Crippen LogP contribution in [-0.2, 0) is 6.54 Å². The van der Waals surface area contributed by atoms with Crippen LogP contribution in [0.15, 0.2) is 10.6 Å². The Morgan fingerprint density at radius 2 is 2.05 bits per heavy atom. The molecule has 0 fully saturated rings. The average molecular weight is 264 g/mol. The summed E-state index contributed by atoms with van der Waals surface area (Å²) in [4.78, 5) is 0. The van der Waals surface area contributed by atoms with Gasteiger partial charge in [-0.3, -0.25) is 4.68 Å². The van der Waals surface area contributed by atoms with E-state index in [1.165, 1.54) is 0 Å². The van der Waals surface area contributed by atoms with Gasteiger partial charge in [0.25, 0.3) is 0 Å². The van der Waals surface area contributed by atoms with Gasteiger partial charge in [0.1, 0.15) is 23.3 Å². The predicted octanol–water partition coefficient (Wildman–Crippen LogP) is 2.51. The molecule has 5 heteroatoms. The number of aliphatic hydroxyl groups is 1. The van der Waals surface area contributed by atoms with Crippen molar-refractivity contribution in [1.82, 2.24) is 9.78 Å². The Kier molecular flexibility index (Phi) is 3.66. The fourth-order valence-corrected chi connectivity index (χ4v) is 2.41. The fraction of sp³-hybridized carbons (Fsp3) is 0.500. The van der Waals surface area contributed by atoms with Crippen LogP contribution in [0.25, 0.3) is 0 Å². The molecule has 2 heterocycles. The zero-order chi connectivity index (χ0) is 14.2. The van der Waals surface area contributed by atoms with Gasteiger partial charge in [0.2, 0.25) is 0 Å². The zero-order valence-electron chi connectivity index (χ0n) is 12.0. The first-order chi connectivity index (χ1) is 9.01. The van der Waals surface area contributed by atoms with Crippen LogP contribution in [-0.4, -0.2) is 22.0 Å². The lowest BCUT2D eigenvalue weighted by molar-refractivity contribution is 0.200. The number of aliphatic hydroxyl groups excluding tert-OH is 1. The van der Waals surface area contributed by atoms with Crippen LogP contribution in [0, 0.1) is 20.8 Å². The van der Waals surface area contributed by atoms with Crippen molar-refractivity contribution in [2.24, 2.45) is 0 Å². The molecule has 0 aliphatic carbocycles. The van der Waals surface area contributed by atoms with E-state index in [0.29, 0.717) is 18.0 Å². The molecule has 2 rings (SSSR count). The predicted molar refractivity (Wildman–Crippen MR) is 71.4 cm³/mol. The molecular formula is C14H20N2O3. The van der Waals surface area contributed by atoms with Crippen LogP contribution < -0.4 is 4.74 Å². The van der Waals surface area contributed by atoms with Crippen LogP contribution in [0.2, 0.25) is 0 Å². The third kappa shape index (κ3) is 2.14. The molecule has 0 aromatic carbocycles. The summed E-state index contributed by atoms with van der Waals surface area (Å²) in [5.74, 6) is 2.15. The highest BCUT2D eigenvalue weighted by molar-refractivity contribution is 5.41. The van der Waals surface area contributed by atoms with Crippen LogP contribution >= 0.6 is 0 Å². The minimum atomic E-state index is -0.796. The molecule has 19 heavy (non-hydrogen) atoms. The number of aromatic nitrogens is 2. The second-order valence-corrected chi connectivity index (χ2v) is 4.57. The van der Waals surface area contributed by atoms with Gasteiger partial charge in [0, 0.05) is 12.1 Å². The smallest absolute Gasteiger partial charge is 0.163 e. The highest BCUT2D eigenvalue weighted by atomic mass is 16.5. The Labute approximate surface area is 112 Å². The van der Waals surface area contributed by atoms with E-state index < -0.39 is 6.10 Å². The number of hydrogen-bond donors (Lipinski definition) is 1. The standard InChI is InChI=1S/C14H20N2O3/c1-6-16-13(11(18-5)7-15-16)14(17)12-8(2)9(3)19-10(12)4/h7,14,17H,6H2,1-5H3. The van der Waals surface area contributed by atoms with E-state index in [9.17, 15) is 5.11 Å². The summed E-state index contributed by atoms with van der Waals surface area (Å²) in [6.45, 7) is 8.35. The number of nitrogens with zero attached hydrogens (tertiary/aromatic N) is 2. The highest BCUT2D eigenvalue weighted by Crippen LogP contribution is 2.35. The molecule has 0 saturated carbocycles. The Morgan fingerprint density at radius 1 is 1.37 bits per heavy atom. The van der Waals surface area contributed by atoms with E-state index in [0.717, 1.165) is 22.6 Å². The molecule has 0 saturated heterocycles. The van der Waals surface area contributed by atoms with Gasteiger partial charge in [-0.1, -0.05) is 0 Å². The Morgan fingerprint density at radius 3 is 2.53 bits per heavy atom. The molecule has 0 bridgehead atoms. The number of hydrogen-bond acceptors (Lipinski definition) is 4. The average Bonchev–Trinajstić information content (AvgIpc) is 2.90. The van der Waals surface area contributed by atoms with Gasteiger partial charge in [-0.25, -0.2) is 0 Å². The fourth-order valence-electron chi connectivity index (χ4n) is 2.41. The zero-order valence-corrected chi connectivity index (χ0v) is 12.0. The summed E-state index contributed by atoms with van der Waals surface area (Å²) in [6.07, 6.45) is 0.828. The summed E-state index contributed by atoms with van der Waals surface area (Å²) in [5, 5.41) is 14.9. The maximum Gasteiger partial charge on any atom is 0.163 e. The quantitative estimate of drug-likeness (QED) is 0.921. The SMILES string of the molecule is CCn1ncc(OC)c1C(O)c1c(C)oc(C)c1C. The summed E-state index contributed by atoms with van der Waals surface area (Å²) >= 11 is 0. The van der Waals surface area contributed by atoms with E-state index >= 15 is 0 Å². The molecule has 1 N–H and O–H groups in total. The number of furan rings is 1. The molecule has 1 atom stereocenters. The van der Waals surface area contributed by atoms with Crippen LogP contribution in [0.3, 0.4) is 0 Å². The topological polar surface area (TPSA) is 60.4 Å². The number of methoxy groups -OCH3 is 1. The van der Waals surface area contributed by atoms with E-state index in [1.807, 2.05) is 27.7 Å². The first-order valence-corrected chi connectivity index (χ1v) is 6.35. The molecule has 2 aromatic rings. The number of aryl methyl sites for hydroxylation is 3. The second-order valence-electron chi connectivity index (χ2n) is 4.57. The van der Waals surface area contributed by atoms with Gasteiger partial charge in [-0.2, -0.15) is 5.10 Å². The molecule has 0 radical (unpaired) electrons. The number of rotatable bonds is 4. The van der Waals surface area contributed by atoms with Crippen molar-refractivity contribution in [1.29, 1.82) is 0 Å². The minimum absolute atomic E-state index is 0.590. The minimum Gasteiger partial charge on any atom is -0.493 e. The Hall–Kier alpha value is -1.75.